The standard InChI is InChI=1S/C25H22O10/c1-32-17-6-11(2-4-14(17)28)24-20(10-26)33-16-5-3-12(7-18(16)34-24)25-23(31)22(30)21-15(29)8-13(27)9-19(21)35-25/h2-9,20,23-29,31H,10H2,1H3/t20?,23-,24+,25?/m0/s1. The fourth-order valence-electron chi connectivity index (χ4n) is 4.28. The average Bonchev–Trinajstić information content (AvgIpc) is 2.85. The number of carbonyl (C=O) groups excluding carboxylic acids is 1. The molecular formula is C25H22O10. The van der Waals surface area contributed by atoms with Crippen molar-refractivity contribution in [2.75, 3.05) is 13.7 Å². The molecule has 10 heteroatoms. The molecule has 0 spiro atoms. The van der Waals surface area contributed by atoms with Crippen molar-refractivity contribution in [2.45, 2.75) is 24.4 Å². The van der Waals surface area contributed by atoms with Gasteiger partial charge in [0.25, 0.3) is 0 Å². The van der Waals surface area contributed by atoms with Crippen molar-refractivity contribution in [2.24, 2.45) is 0 Å². The summed E-state index contributed by atoms with van der Waals surface area (Å²) in [4.78, 5) is 12.7. The summed E-state index contributed by atoms with van der Waals surface area (Å²) in [6.45, 7) is -0.349. The van der Waals surface area contributed by atoms with Crippen molar-refractivity contribution in [3.63, 3.8) is 0 Å². The van der Waals surface area contributed by atoms with Gasteiger partial charge in [-0.3, -0.25) is 4.79 Å². The second kappa shape index (κ2) is 8.57. The number of Topliss-reactive ketones (excluding diaryl/α,β-unsaturated/α-hetero) is 1. The molecule has 3 aromatic rings. The first-order valence-electron chi connectivity index (χ1n) is 10.7. The molecule has 2 heterocycles. The maximum atomic E-state index is 12.7. The first-order valence-corrected chi connectivity index (χ1v) is 10.7. The van der Waals surface area contributed by atoms with E-state index in [1.807, 2.05) is 0 Å². The third-order valence-corrected chi connectivity index (χ3v) is 6.00. The Kier molecular flexibility index (Phi) is 5.54. The highest BCUT2D eigenvalue weighted by atomic mass is 16.6. The average molecular weight is 482 g/mol. The fraction of sp³-hybridized carbons (Fsp3) is 0.240. The summed E-state index contributed by atoms with van der Waals surface area (Å²) >= 11 is 0. The third kappa shape index (κ3) is 3.82. The lowest BCUT2D eigenvalue weighted by Crippen LogP contribution is -2.37. The van der Waals surface area contributed by atoms with Crippen LogP contribution in [-0.2, 0) is 0 Å². The summed E-state index contributed by atoms with van der Waals surface area (Å²) in [6.07, 6.45) is -4.28. The highest BCUT2D eigenvalue weighted by Gasteiger charge is 2.40. The van der Waals surface area contributed by atoms with E-state index >= 15 is 0 Å². The van der Waals surface area contributed by atoms with Crippen LogP contribution >= 0.6 is 0 Å². The first kappa shape index (κ1) is 22.6. The lowest BCUT2D eigenvalue weighted by molar-refractivity contribution is -0.0130. The van der Waals surface area contributed by atoms with Gasteiger partial charge in [-0.05, 0) is 29.8 Å². The number of hydrogen-bond donors (Lipinski definition) is 5. The Balaban J connectivity index is 1.49. The van der Waals surface area contributed by atoms with Gasteiger partial charge in [0.2, 0.25) is 5.78 Å². The van der Waals surface area contributed by atoms with E-state index in [0.29, 0.717) is 16.9 Å². The lowest BCUT2D eigenvalue weighted by atomic mass is 9.92. The smallest absolute Gasteiger partial charge is 0.202 e. The number of aliphatic hydroxyl groups excluding tert-OH is 2. The molecule has 35 heavy (non-hydrogen) atoms. The lowest BCUT2D eigenvalue weighted by Gasteiger charge is -2.35. The number of hydrogen-bond acceptors (Lipinski definition) is 10. The van der Waals surface area contributed by atoms with E-state index in [4.69, 9.17) is 18.9 Å². The molecule has 0 saturated carbocycles. The van der Waals surface area contributed by atoms with Gasteiger partial charge in [-0.1, -0.05) is 12.1 Å². The minimum atomic E-state index is -1.62. The number of phenolic OH excluding ortho intramolecular Hbond substituents is 3. The maximum absolute atomic E-state index is 12.7. The Hall–Kier alpha value is -4.15. The van der Waals surface area contributed by atoms with Crippen LogP contribution in [-0.4, -0.2) is 57.2 Å². The molecule has 0 bridgehead atoms. The molecule has 182 valence electrons. The van der Waals surface area contributed by atoms with Gasteiger partial charge in [0.05, 0.1) is 13.7 Å². The molecule has 2 aliphatic heterocycles. The van der Waals surface area contributed by atoms with Crippen molar-refractivity contribution >= 4 is 5.78 Å². The van der Waals surface area contributed by atoms with Gasteiger partial charge >= 0.3 is 0 Å². The van der Waals surface area contributed by atoms with Crippen LogP contribution in [0.15, 0.2) is 48.5 Å². The summed E-state index contributed by atoms with van der Waals surface area (Å²) in [5.41, 5.74) is 0.751. The Labute approximate surface area is 199 Å². The third-order valence-electron chi connectivity index (χ3n) is 6.00. The minimum Gasteiger partial charge on any atom is -0.508 e. The topological polar surface area (TPSA) is 155 Å². The van der Waals surface area contributed by atoms with Crippen LogP contribution < -0.4 is 18.9 Å². The molecule has 10 nitrogen and oxygen atoms in total. The number of phenols is 3. The van der Waals surface area contributed by atoms with Gasteiger partial charge in [-0.2, -0.15) is 0 Å². The van der Waals surface area contributed by atoms with Gasteiger partial charge in [0.1, 0.15) is 22.8 Å². The monoisotopic (exact) mass is 482 g/mol. The van der Waals surface area contributed by atoms with Crippen molar-refractivity contribution in [3.05, 3.63) is 65.2 Å². The van der Waals surface area contributed by atoms with Crippen LogP contribution in [0.3, 0.4) is 0 Å². The van der Waals surface area contributed by atoms with Gasteiger partial charge in [0, 0.05) is 17.7 Å². The predicted molar refractivity (Wildman–Crippen MR) is 119 cm³/mol. The van der Waals surface area contributed by atoms with Gasteiger partial charge in [-0.15, -0.1) is 0 Å². The molecule has 0 radical (unpaired) electrons. The summed E-state index contributed by atoms with van der Waals surface area (Å²) in [6, 6.07) is 11.5. The Bertz CT molecular complexity index is 1300. The zero-order valence-corrected chi connectivity index (χ0v) is 18.4. The molecule has 0 saturated heterocycles. The Morgan fingerprint density at radius 1 is 0.829 bits per heavy atom. The van der Waals surface area contributed by atoms with Gasteiger partial charge in [-0.25, -0.2) is 0 Å². The van der Waals surface area contributed by atoms with Crippen LogP contribution in [0.25, 0.3) is 0 Å². The highest BCUT2D eigenvalue weighted by Crippen LogP contribution is 2.45. The second-order valence-corrected chi connectivity index (χ2v) is 8.20. The van der Waals surface area contributed by atoms with Crippen molar-refractivity contribution < 1.29 is 49.3 Å². The molecule has 0 aromatic heterocycles. The first-order chi connectivity index (χ1) is 16.8. The maximum Gasteiger partial charge on any atom is 0.202 e. The molecule has 0 amide bonds. The molecular weight excluding hydrogens is 460 g/mol. The number of benzene rings is 3. The quantitative estimate of drug-likeness (QED) is 0.374. The normalized spacial score (nSPS) is 22.8. The van der Waals surface area contributed by atoms with E-state index in [-0.39, 0.29) is 40.9 Å². The fourth-order valence-corrected chi connectivity index (χ4v) is 4.28. The molecule has 2 unspecified atom stereocenters. The number of carbonyl (C=O) groups is 1. The summed E-state index contributed by atoms with van der Waals surface area (Å²) < 4.78 is 23.0. The number of aliphatic hydroxyl groups is 2. The van der Waals surface area contributed by atoms with E-state index in [0.717, 1.165) is 6.07 Å². The zero-order valence-electron chi connectivity index (χ0n) is 18.4. The number of ether oxygens (including phenoxy) is 4. The van der Waals surface area contributed by atoms with Crippen LogP contribution in [0.4, 0.5) is 0 Å². The highest BCUT2D eigenvalue weighted by molar-refractivity contribution is 6.05. The summed E-state index contributed by atoms with van der Waals surface area (Å²) in [5.74, 6) is -0.823. The predicted octanol–water partition coefficient (Wildman–Crippen LogP) is 2.36. The number of fused-ring (bicyclic) bond motifs is 2. The molecule has 5 rings (SSSR count). The number of ketones is 1. The Morgan fingerprint density at radius 3 is 2.29 bits per heavy atom. The largest absolute Gasteiger partial charge is 0.508 e. The van der Waals surface area contributed by atoms with E-state index in [9.17, 15) is 30.3 Å². The van der Waals surface area contributed by atoms with E-state index in [1.165, 1.54) is 19.2 Å². The number of methoxy groups -OCH3 is 1. The van der Waals surface area contributed by atoms with Crippen LogP contribution in [0, 0.1) is 0 Å². The molecule has 3 aromatic carbocycles. The zero-order chi connectivity index (χ0) is 24.9. The van der Waals surface area contributed by atoms with Crippen LogP contribution in [0.2, 0.25) is 0 Å². The van der Waals surface area contributed by atoms with E-state index in [1.54, 1.807) is 30.3 Å². The molecule has 2 aliphatic rings. The Morgan fingerprint density at radius 2 is 1.54 bits per heavy atom. The molecule has 0 fully saturated rings. The number of rotatable bonds is 4. The van der Waals surface area contributed by atoms with Crippen molar-refractivity contribution in [3.8, 4) is 40.2 Å². The SMILES string of the molecule is COc1cc([C@H]2Oc3cc(C4Oc5cc(O)cc(O)c5C(=O)[C@@H]4O)ccc3OC2CO)ccc1O. The van der Waals surface area contributed by atoms with Crippen molar-refractivity contribution in [1.82, 2.24) is 0 Å². The van der Waals surface area contributed by atoms with Gasteiger partial charge in [0.15, 0.2) is 47.4 Å². The number of aromatic hydroxyl groups is 3. The van der Waals surface area contributed by atoms with E-state index in [2.05, 4.69) is 0 Å². The molecule has 5 N–H and O–H groups in total. The van der Waals surface area contributed by atoms with Gasteiger partial charge < -0.3 is 44.5 Å². The van der Waals surface area contributed by atoms with Crippen LogP contribution in [0.1, 0.15) is 33.7 Å². The summed E-state index contributed by atoms with van der Waals surface area (Å²) in [7, 11) is 1.41. The second-order valence-electron chi connectivity index (χ2n) is 8.20. The minimum absolute atomic E-state index is 0.0540. The van der Waals surface area contributed by atoms with Crippen molar-refractivity contribution in [1.29, 1.82) is 0 Å². The van der Waals surface area contributed by atoms with E-state index < -0.39 is 35.9 Å². The molecule has 4 atom stereocenters. The van der Waals surface area contributed by atoms with Crippen LogP contribution in [0.5, 0.6) is 40.2 Å². The summed E-state index contributed by atoms with van der Waals surface area (Å²) in [5, 5.41) is 50.2. The molecule has 0 aliphatic carbocycles.